The molecule has 4 nitrogen and oxygen atoms in total. The van der Waals surface area contributed by atoms with Crippen LogP contribution < -0.4 is 5.32 Å². The maximum Gasteiger partial charge on any atom is 0.276 e. The molecule has 0 fully saturated rings. The number of hydrogen-bond acceptors (Lipinski definition) is 2. The first-order valence-electron chi connectivity index (χ1n) is 9.31. The highest BCUT2D eigenvalue weighted by molar-refractivity contribution is 6.30. The molecule has 0 aliphatic heterocycles. The van der Waals surface area contributed by atoms with E-state index < -0.39 is 0 Å². The predicted molar refractivity (Wildman–Crippen MR) is 118 cm³/mol. The molecule has 1 heterocycles. The minimum atomic E-state index is -0.286. The molecule has 0 saturated heterocycles. The lowest BCUT2D eigenvalue weighted by molar-refractivity contribution is 0.102. The zero-order valence-electron chi connectivity index (χ0n) is 16.2. The van der Waals surface area contributed by atoms with Gasteiger partial charge in [0.15, 0.2) is 5.69 Å². The third-order valence-corrected chi connectivity index (χ3v) is 4.89. The molecule has 0 aliphatic carbocycles. The molecule has 0 atom stereocenters. The van der Waals surface area contributed by atoms with Gasteiger partial charge in [0.2, 0.25) is 0 Å². The van der Waals surface area contributed by atoms with E-state index in [0.29, 0.717) is 16.4 Å². The summed E-state index contributed by atoms with van der Waals surface area (Å²) in [5.74, 6) is -0.286. The molecule has 1 aromatic heterocycles. The number of halogens is 1. The van der Waals surface area contributed by atoms with Crippen molar-refractivity contribution in [2.24, 2.45) is 0 Å². The molecular formula is C24H20ClN3O. The van der Waals surface area contributed by atoms with Crippen molar-refractivity contribution in [3.05, 3.63) is 101 Å². The second-order valence-corrected chi connectivity index (χ2v) is 7.43. The quantitative estimate of drug-likeness (QED) is 0.451. The van der Waals surface area contributed by atoms with Crippen molar-refractivity contribution in [3.8, 4) is 16.9 Å². The van der Waals surface area contributed by atoms with Crippen LogP contribution in [0.4, 0.5) is 5.69 Å². The number of carbonyl (C=O) groups is 1. The maximum absolute atomic E-state index is 12.8. The highest BCUT2D eigenvalue weighted by atomic mass is 35.5. The monoisotopic (exact) mass is 401 g/mol. The topological polar surface area (TPSA) is 46.9 Å². The summed E-state index contributed by atoms with van der Waals surface area (Å²) >= 11 is 6.02. The number of aryl methyl sites for hydroxylation is 2. The molecule has 0 unspecified atom stereocenters. The summed E-state index contributed by atoms with van der Waals surface area (Å²) in [5, 5.41) is 8.02. The standard InChI is InChI=1S/C24H20ClN3O/c1-16-6-10-18(11-7-16)23-15-22(24(29)26-20-5-3-4-19(25)14-20)27-28(23)21-12-8-17(2)9-13-21/h3-15H,1-2H3,(H,26,29). The summed E-state index contributed by atoms with van der Waals surface area (Å²) in [6.45, 7) is 4.09. The maximum atomic E-state index is 12.8. The molecule has 0 radical (unpaired) electrons. The minimum Gasteiger partial charge on any atom is -0.321 e. The SMILES string of the molecule is Cc1ccc(-c2cc(C(=O)Nc3cccc(Cl)c3)nn2-c2ccc(C)cc2)cc1. The van der Waals surface area contributed by atoms with Crippen LogP contribution in [0.15, 0.2) is 78.9 Å². The predicted octanol–water partition coefficient (Wildman–Crippen LogP) is 6.06. The van der Waals surface area contributed by atoms with E-state index in [-0.39, 0.29) is 5.91 Å². The fraction of sp³-hybridized carbons (Fsp3) is 0.0833. The summed E-state index contributed by atoms with van der Waals surface area (Å²) in [6, 6.07) is 25.1. The van der Waals surface area contributed by atoms with Crippen molar-refractivity contribution in [1.82, 2.24) is 9.78 Å². The lowest BCUT2D eigenvalue weighted by Gasteiger charge is -2.08. The fourth-order valence-corrected chi connectivity index (χ4v) is 3.26. The van der Waals surface area contributed by atoms with E-state index >= 15 is 0 Å². The van der Waals surface area contributed by atoms with E-state index in [9.17, 15) is 4.79 Å². The molecule has 3 aromatic carbocycles. The van der Waals surface area contributed by atoms with E-state index in [2.05, 4.69) is 10.4 Å². The van der Waals surface area contributed by atoms with Gasteiger partial charge in [-0.15, -0.1) is 0 Å². The van der Waals surface area contributed by atoms with Crippen LogP contribution >= 0.6 is 11.6 Å². The van der Waals surface area contributed by atoms with Crippen LogP contribution in [0.5, 0.6) is 0 Å². The smallest absolute Gasteiger partial charge is 0.276 e. The largest absolute Gasteiger partial charge is 0.321 e. The molecule has 0 bridgehead atoms. The van der Waals surface area contributed by atoms with Gasteiger partial charge in [-0.05, 0) is 50.2 Å². The van der Waals surface area contributed by atoms with Gasteiger partial charge in [0.1, 0.15) is 0 Å². The third kappa shape index (κ3) is 4.23. The zero-order chi connectivity index (χ0) is 20.4. The number of nitrogens with zero attached hydrogens (tertiary/aromatic N) is 2. The number of anilines is 1. The summed E-state index contributed by atoms with van der Waals surface area (Å²) in [5.41, 5.74) is 6.04. The minimum absolute atomic E-state index is 0.286. The van der Waals surface area contributed by atoms with Gasteiger partial charge >= 0.3 is 0 Å². The van der Waals surface area contributed by atoms with Crippen LogP contribution in [0.2, 0.25) is 5.02 Å². The first-order chi connectivity index (χ1) is 14.0. The van der Waals surface area contributed by atoms with Gasteiger partial charge in [-0.2, -0.15) is 5.10 Å². The van der Waals surface area contributed by atoms with E-state index in [1.807, 2.05) is 68.4 Å². The number of nitrogens with one attached hydrogen (secondary N) is 1. The number of amides is 1. The van der Waals surface area contributed by atoms with Crippen LogP contribution in [0.1, 0.15) is 21.6 Å². The first kappa shape index (κ1) is 19.0. The Morgan fingerprint density at radius 3 is 2.21 bits per heavy atom. The van der Waals surface area contributed by atoms with Crippen molar-refractivity contribution < 1.29 is 4.79 Å². The van der Waals surface area contributed by atoms with Gasteiger partial charge in [-0.25, -0.2) is 4.68 Å². The third-order valence-electron chi connectivity index (χ3n) is 4.65. The fourth-order valence-electron chi connectivity index (χ4n) is 3.07. The van der Waals surface area contributed by atoms with Crippen LogP contribution in [0.25, 0.3) is 16.9 Å². The second-order valence-electron chi connectivity index (χ2n) is 6.99. The van der Waals surface area contributed by atoms with Gasteiger partial charge in [-0.3, -0.25) is 4.79 Å². The zero-order valence-corrected chi connectivity index (χ0v) is 16.9. The van der Waals surface area contributed by atoms with Crippen LogP contribution in [-0.4, -0.2) is 15.7 Å². The van der Waals surface area contributed by atoms with Crippen LogP contribution in [-0.2, 0) is 0 Å². The Hall–Kier alpha value is -3.37. The molecule has 0 saturated carbocycles. The number of hydrogen-bond donors (Lipinski definition) is 1. The number of benzene rings is 3. The number of aromatic nitrogens is 2. The van der Waals surface area contributed by atoms with Crippen molar-refractivity contribution >= 4 is 23.2 Å². The molecular weight excluding hydrogens is 382 g/mol. The Morgan fingerprint density at radius 2 is 1.55 bits per heavy atom. The first-order valence-corrected chi connectivity index (χ1v) is 9.68. The Kier molecular flexibility index (Phi) is 5.19. The van der Waals surface area contributed by atoms with E-state index in [0.717, 1.165) is 22.5 Å². The second kappa shape index (κ2) is 7.94. The molecule has 4 aromatic rings. The average molecular weight is 402 g/mol. The Morgan fingerprint density at radius 1 is 0.897 bits per heavy atom. The van der Waals surface area contributed by atoms with Crippen molar-refractivity contribution in [1.29, 1.82) is 0 Å². The summed E-state index contributed by atoms with van der Waals surface area (Å²) < 4.78 is 1.80. The van der Waals surface area contributed by atoms with E-state index in [4.69, 9.17) is 11.6 Å². The van der Waals surface area contributed by atoms with E-state index in [1.54, 1.807) is 28.9 Å². The highest BCUT2D eigenvalue weighted by Gasteiger charge is 2.17. The van der Waals surface area contributed by atoms with Crippen LogP contribution in [0.3, 0.4) is 0 Å². The Labute approximate surface area is 174 Å². The molecule has 0 aliphatic rings. The average Bonchev–Trinajstić information content (AvgIpc) is 3.15. The van der Waals surface area contributed by atoms with Crippen molar-refractivity contribution in [2.45, 2.75) is 13.8 Å². The lowest BCUT2D eigenvalue weighted by Crippen LogP contribution is -2.13. The normalized spacial score (nSPS) is 10.7. The summed E-state index contributed by atoms with van der Waals surface area (Å²) in [4.78, 5) is 12.8. The Balaban J connectivity index is 1.75. The van der Waals surface area contributed by atoms with Crippen molar-refractivity contribution in [3.63, 3.8) is 0 Å². The summed E-state index contributed by atoms with van der Waals surface area (Å²) in [6.07, 6.45) is 0. The van der Waals surface area contributed by atoms with Crippen LogP contribution in [0, 0.1) is 13.8 Å². The molecule has 4 rings (SSSR count). The van der Waals surface area contributed by atoms with Gasteiger partial charge in [0, 0.05) is 16.3 Å². The molecule has 0 spiro atoms. The Bertz CT molecular complexity index is 1100. The van der Waals surface area contributed by atoms with Gasteiger partial charge in [0.05, 0.1) is 11.4 Å². The van der Waals surface area contributed by atoms with E-state index in [1.165, 1.54) is 5.56 Å². The highest BCUT2D eigenvalue weighted by Crippen LogP contribution is 2.25. The molecule has 144 valence electrons. The molecule has 29 heavy (non-hydrogen) atoms. The molecule has 5 heteroatoms. The van der Waals surface area contributed by atoms with Gasteiger partial charge in [0.25, 0.3) is 5.91 Å². The molecule has 1 N–H and O–H groups in total. The van der Waals surface area contributed by atoms with Gasteiger partial charge < -0.3 is 5.32 Å². The summed E-state index contributed by atoms with van der Waals surface area (Å²) in [7, 11) is 0. The number of rotatable bonds is 4. The lowest BCUT2D eigenvalue weighted by atomic mass is 10.1. The number of carbonyl (C=O) groups excluding carboxylic acids is 1. The van der Waals surface area contributed by atoms with Gasteiger partial charge in [-0.1, -0.05) is 65.2 Å². The van der Waals surface area contributed by atoms with Crippen molar-refractivity contribution in [2.75, 3.05) is 5.32 Å². The molecule has 1 amide bonds.